The van der Waals surface area contributed by atoms with Crippen LogP contribution in [-0.4, -0.2) is 52.1 Å². The van der Waals surface area contributed by atoms with Gasteiger partial charge in [-0.15, -0.1) is 0 Å². The van der Waals surface area contributed by atoms with E-state index in [1.807, 2.05) is 6.92 Å². The van der Waals surface area contributed by atoms with Crippen molar-refractivity contribution in [2.45, 2.75) is 19.9 Å². The van der Waals surface area contributed by atoms with E-state index in [1.165, 1.54) is 30.2 Å². The molecule has 1 amide bonds. The zero-order chi connectivity index (χ0) is 28.0. The SMILES string of the molecule is COc1ccc(C2/C(=C(\O)c3cc(C)c(OC)cc3C)C(=O)C(=O)N2c2nc3ccc(C(=O)O)cc3[nH]2)cc1. The van der Waals surface area contributed by atoms with Gasteiger partial charge in [0, 0.05) is 5.56 Å². The number of hydrogen-bond donors (Lipinski definition) is 3. The smallest absolute Gasteiger partial charge is 0.335 e. The van der Waals surface area contributed by atoms with Gasteiger partial charge < -0.3 is 24.7 Å². The van der Waals surface area contributed by atoms with Crippen molar-refractivity contribution in [2.75, 3.05) is 19.1 Å². The molecule has 2 heterocycles. The van der Waals surface area contributed by atoms with Crippen LogP contribution in [0.3, 0.4) is 0 Å². The lowest BCUT2D eigenvalue weighted by atomic mass is 9.93. The second kappa shape index (κ2) is 9.64. The second-order valence-corrected chi connectivity index (χ2v) is 9.18. The summed E-state index contributed by atoms with van der Waals surface area (Å²) in [7, 11) is 3.07. The molecule has 1 fully saturated rings. The maximum Gasteiger partial charge on any atom is 0.335 e. The number of rotatable bonds is 6. The Morgan fingerprint density at radius 3 is 2.31 bits per heavy atom. The number of ether oxygens (including phenoxy) is 2. The summed E-state index contributed by atoms with van der Waals surface area (Å²) < 4.78 is 10.6. The molecular weight excluding hydrogens is 502 g/mol. The van der Waals surface area contributed by atoms with Crippen LogP contribution in [0.15, 0.2) is 60.2 Å². The van der Waals surface area contributed by atoms with Crippen molar-refractivity contribution in [3.05, 3.63) is 88.0 Å². The van der Waals surface area contributed by atoms with Crippen LogP contribution in [0.5, 0.6) is 11.5 Å². The van der Waals surface area contributed by atoms with E-state index in [2.05, 4.69) is 9.97 Å². The maximum absolute atomic E-state index is 13.5. The summed E-state index contributed by atoms with van der Waals surface area (Å²) in [6.07, 6.45) is 0. The minimum Gasteiger partial charge on any atom is -0.507 e. The van der Waals surface area contributed by atoms with E-state index < -0.39 is 23.7 Å². The minimum absolute atomic E-state index is 0.0387. The summed E-state index contributed by atoms with van der Waals surface area (Å²) in [5, 5.41) is 20.9. The number of ketones is 1. The predicted molar refractivity (Wildman–Crippen MR) is 143 cm³/mol. The fourth-order valence-electron chi connectivity index (χ4n) is 4.81. The van der Waals surface area contributed by atoms with Crippen LogP contribution in [0.2, 0.25) is 0 Å². The zero-order valence-electron chi connectivity index (χ0n) is 21.6. The van der Waals surface area contributed by atoms with Gasteiger partial charge in [0.25, 0.3) is 5.78 Å². The van der Waals surface area contributed by atoms with Gasteiger partial charge in [-0.25, -0.2) is 9.78 Å². The Kier molecular flexibility index (Phi) is 6.31. The number of carbonyl (C=O) groups is 3. The number of anilines is 1. The number of carbonyl (C=O) groups excluding carboxylic acids is 2. The Hall–Kier alpha value is -5.12. The van der Waals surface area contributed by atoms with E-state index in [4.69, 9.17) is 9.47 Å². The first-order valence-electron chi connectivity index (χ1n) is 12.0. The predicted octanol–water partition coefficient (Wildman–Crippen LogP) is 4.52. The molecule has 0 bridgehead atoms. The van der Waals surface area contributed by atoms with Crippen molar-refractivity contribution in [1.29, 1.82) is 0 Å². The van der Waals surface area contributed by atoms with Crippen LogP contribution in [0.25, 0.3) is 16.8 Å². The molecule has 10 nitrogen and oxygen atoms in total. The largest absolute Gasteiger partial charge is 0.507 e. The maximum atomic E-state index is 13.5. The number of aliphatic hydroxyl groups excluding tert-OH is 1. The van der Waals surface area contributed by atoms with Crippen molar-refractivity contribution in [3.8, 4) is 11.5 Å². The normalized spacial score (nSPS) is 16.6. The van der Waals surface area contributed by atoms with Crippen LogP contribution < -0.4 is 14.4 Å². The lowest BCUT2D eigenvalue weighted by molar-refractivity contribution is -0.132. The van der Waals surface area contributed by atoms with Gasteiger partial charge in [-0.1, -0.05) is 12.1 Å². The van der Waals surface area contributed by atoms with E-state index in [-0.39, 0.29) is 22.8 Å². The molecule has 0 radical (unpaired) electrons. The zero-order valence-corrected chi connectivity index (χ0v) is 21.6. The molecule has 5 rings (SSSR count). The molecule has 1 aliphatic rings. The minimum atomic E-state index is -1.11. The Balaban J connectivity index is 1.73. The fraction of sp³-hybridized carbons (Fsp3) is 0.172. The summed E-state index contributed by atoms with van der Waals surface area (Å²) >= 11 is 0. The van der Waals surface area contributed by atoms with E-state index in [9.17, 15) is 24.6 Å². The highest BCUT2D eigenvalue weighted by Crippen LogP contribution is 2.43. The van der Waals surface area contributed by atoms with E-state index in [1.54, 1.807) is 50.4 Å². The van der Waals surface area contributed by atoms with Crippen LogP contribution >= 0.6 is 0 Å². The molecule has 0 spiro atoms. The topological polar surface area (TPSA) is 142 Å². The summed E-state index contributed by atoms with van der Waals surface area (Å²) in [5.41, 5.74) is 3.04. The van der Waals surface area contributed by atoms with Gasteiger partial charge in [0.15, 0.2) is 0 Å². The van der Waals surface area contributed by atoms with Crippen molar-refractivity contribution >= 4 is 40.4 Å². The van der Waals surface area contributed by atoms with Crippen LogP contribution in [-0.2, 0) is 9.59 Å². The molecule has 1 atom stereocenters. The summed E-state index contributed by atoms with van der Waals surface area (Å²) in [4.78, 5) is 47.1. The molecule has 3 N–H and O–H groups in total. The number of methoxy groups -OCH3 is 2. The molecule has 10 heteroatoms. The highest BCUT2D eigenvalue weighted by atomic mass is 16.5. The van der Waals surface area contributed by atoms with E-state index >= 15 is 0 Å². The van der Waals surface area contributed by atoms with E-state index in [0.717, 1.165) is 5.56 Å². The number of Topliss-reactive ketones (excluding diaryl/α,β-unsaturated/α-hetero) is 1. The molecule has 1 unspecified atom stereocenters. The standard InChI is InChI=1S/C29H25N3O7/c1-14-12-22(39-4)15(2)11-19(14)25(33)23-24(16-5-8-18(38-3)9-6-16)32(27(35)26(23)34)29-30-20-10-7-17(28(36)37)13-21(20)31-29/h5-13,24,33H,1-4H3,(H,30,31)(H,36,37)/b25-23+. The van der Waals surface area contributed by atoms with Crippen LogP contribution in [0.1, 0.15) is 38.7 Å². The van der Waals surface area contributed by atoms with E-state index in [0.29, 0.717) is 39.2 Å². The van der Waals surface area contributed by atoms with Gasteiger partial charge in [-0.2, -0.15) is 0 Å². The summed E-state index contributed by atoms with van der Waals surface area (Å²) in [5.74, 6) is -1.98. The first kappa shape index (κ1) is 25.5. The number of amides is 1. The number of aliphatic hydroxyl groups is 1. The van der Waals surface area contributed by atoms with Gasteiger partial charge in [-0.3, -0.25) is 14.5 Å². The number of nitrogens with one attached hydrogen (secondary N) is 1. The van der Waals surface area contributed by atoms with Crippen molar-refractivity contribution in [2.24, 2.45) is 0 Å². The van der Waals surface area contributed by atoms with Crippen molar-refractivity contribution in [1.82, 2.24) is 9.97 Å². The quantitative estimate of drug-likeness (QED) is 0.189. The molecule has 0 aliphatic carbocycles. The number of aromatic carboxylic acids is 1. The van der Waals surface area contributed by atoms with Gasteiger partial charge >= 0.3 is 11.9 Å². The molecule has 198 valence electrons. The molecule has 3 aromatic carbocycles. The first-order chi connectivity index (χ1) is 18.6. The first-order valence-corrected chi connectivity index (χ1v) is 12.0. The molecule has 4 aromatic rings. The Morgan fingerprint density at radius 1 is 0.949 bits per heavy atom. The number of nitrogens with zero attached hydrogens (tertiary/aromatic N) is 2. The number of hydrogen-bond acceptors (Lipinski definition) is 7. The Labute approximate surface area is 223 Å². The van der Waals surface area contributed by atoms with Gasteiger partial charge in [0.2, 0.25) is 5.95 Å². The van der Waals surface area contributed by atoms with Crippen LogP contribution in [0.4, 0.5) is 5.95 Å². The number of aromatic nitrogens is 2. The fourth-order valence-corrected chi connectivity index (χ4v) is 4.81. The number of imidazole rings is 1. The van der Waals surface area contributed by atoms with Crippen LogP contribution in [0, 0.1) is 13.8 Å². The molecule has 1 aliphatic heterocycles. The number of carboxylic acids is 1. The average molecular weight is 528 g/mol. The van der Waals surface area contributed by atoms with Gasteiger partial charge in [0.05, 0.1) is 42.4 Å². The lowest BCUT2D eigenvalue weighted by Gasteiger charge is -2.23. The molecule has 0 saturated carbocycles. The third-order valence-corrected chi connectivity index (χ3v) is 6.82. The van der Waals surface area contributed by atoms with Gasteiger partial charge in [0.1, 0.15) is 17.3 Å². The third kappa shape index (κ3) is 4.25. The summed E-state index contributed by atoms with van der Waals surface area (Å²) in [6.45, 7) is 3.59. The second-order valence-electron chi connectivity index (χ2n) is 9.18. The van der Waals surface area contributed by atoms with Crippen molar-refractivity contribution < 1.29 is 34.1 Å². The van der Waals surface area contributed by atoms with Gasteiger partial charge in [-0.05, 0) is 73.0 Å². The Bertz CT molecular complexity index is 1690. The number of benzene rings is 3. The average Bonchev–Trinajstić information content (AvgIpc) is 3.46. The van der Waals surface area contributed by atoms with Crippen molar-refractivity contribution in [3.63, 3.8) is 0 Å². The number of aryl methyl sites for hydroxylation is 2. The third-order valence-electron chi connectivity index (χ3n) is 6.82. The molecule has 1 aromatic heterocycles. The summed E-state index contributed by atoms with van der Waals surface area (Å²) in [6, 6.07) is 13.5. The number of aromatic amines is 1. The molecule has 39 heavy (non-hydrogen) atoms. The molecular formula is C29H25N3O7. The number of carboxylic acid groups (broad SMARTS) is 1. The highest BCUT2D eigenvalue weighted by Gasteiger charge is 2.48. The lowest BCUT2D eigenvalue weighted by Crippen LogP contribution is -2.30. The highest BCUT2D eigenvalue weighted by molar-refractivity contribution is 6.51. The number of H-pyrrole nitrogens is 1. The monoisotopic (exact) mass is 527 g/mol. The number of fused-ring (bicyclic) bond motifs is 1. The Morgan fingerprint density at radius 2 is 1.67 bits per heavy atom. The molecule has 1 saturated heterocycles.